The lowest BCUT2D eigenvalue weighted by Crippen LogP contribution is -2.26. The summed E-state index contributed by atoms with van der Waals surface area (Å²) in [4.78, 5) is 42.8. The maximum absolute atomic E-state index is 12.4. The van der Waals surface area contributed by atoms with Crippen molar-refractivity contribution in [1.82, 2.24) is 9.88 Å². The SMILES string of the molecule is Cc1ccc(NC(=O)Cc2nc(COC(=O)[C@@H]3CC(=O)N(Cc4ccco4)C3)cs2)cc1. The number of benzene rings is 1. The number of aryl methyl sites for hydroxylation is 1. The second-order valence-corrected chi connectivity index (χ2v) is 8.63. The number of nitrogens with zero attached hydrogens (tertiary/aromatic N) is 2. The van der Waals surface area contributed by atoms with Gasteiger partial charge in [0.1, 0.15) is 17.4 Å². The van der Waals surface area contributed by atoms with Crippen molar-refractivity contribution < 1.29 is 23.5 Å². The third-order valence-electron chi connectivity index (χ3n) is 5.08. The Kier molecular flexibility index (Phi) is 6.65. The molecule has 1 atom stereocenters. The molecule has 0 bridgehead atoms. The Morgan fingerprint density at radius 2 is 2.09 bits per heavy atom. The summed E-state index contributed by atoms with van der Waals surface area (Å²) < 4.78 is 10.6. The van der Waals surface area contributed by atoms with Crippen molar-refractivity contribution in [2.45, 2.75) is 32.9 Å². The lowest BCUT2D eigenvalue weighted by Gasteiger charge is -2.14. The van der Waals surface area contributed by atoms with Crippen LogP contribution in [-0.2, 0) is 38.7 Å². The van der Waals surface area contributed by atoms with Crippen molar-refractivity contribution in [3.8, 4) is 0 Å². The fraction of sp³-hybridized carbons (Fsp3) is 0.304. The van der Waals surface area contributed by atoms with Gasteiger partial charge < -0.3 is 19.4 Å². The van der Waals surface area contributed by atoms with Gasteiger partial charge in [0.05, 0.1) is 30.8 Å². The number of thiazole rings is 1. The van der Waals surface area contributed by atoms with Crippen LogP contribution < -0.4 is 5.32 Å². The van der Waals surface area contributed by atoms with Gasteiger partial charge in [0.25, 0.3) is 0 Å². The molecule has 1 aromatic carbocycles. The van der Waals surface area contributed by atoms with Crippen molar-refractivity contribution in [2.24, 2.45) is 5.92 Å². The molecule has 2 aromatic heterocycles. The molecule has 4 rings (SSSR count). The minimum absolute atomic E-state index is 0.0117. The van der Waals surface area contributed by atoms with Crippen LogP contribution in [0, 0.1) is 12.8 Å². The predicted octanol–water partition coefficient (Wildman–Crippen LogP) is 3.32. The van der Waals surface area contributed by atoms with Crippen LogP contribution >= 0.6 is 11.3 Å². The molecule has 32 heavy (non-hydrogen) atoms. The number of carbonyl (C=O) groups is 3. The first-order chi connectivity index (χ1) is 15.5. The highest BCUT2D eigenvalue weighted by atomic mass is 32.1. The Labute approximate surface area is 189 Å². The van der Waals surface area contributed by atoms with E-state index in [1.165, 1.54) is 11.3 Å². The number of rotatable bonds is 8. The lowest BCUT2D eigenvalue weighted by atomic mass is 10.1. The fourth-order valence-electron chi connectivity index (χ4n) is 3.41. The number of hydrogen-bond acceptors (Lipinski definition) is 7. The third kappa shape index (κ3) is 5.61. The molecular formula is C23H23N3O5S. The first-order valence-electron chi connectivity index (χ1n) is 10.2. The molecule has 1 aliphatic heterocycles. The van der Waals surface area contributed by atoms with E-state index in [2.05, 4.69) is 10.3 Å². The van der Waals surface area contributed by atoms with Gasteiger partial charge in [-0.15, -0.1) is 11.3 Å². The average Bonchev–Trinajstić information content (AvgIpc) is 3.51. The smallest absolute Gasteiger partial charge is 0.311 e. The number of ether oxygens (including phenoxy) is 1. The van der Waals surface area contributed by atoms with Crippen LogP contribution in [0.25, 0.3) is 0 Å². The van der Waals surface area contributed by atoms with Crippen LogP contribution in [0.4, 0.5) is 5.69 Å². The van der Waals surface area contributed by atoms with Crippen LogP contribution in [-0.4, -0.2) is 34.2 Å². The van der Waals surface area contributed by atoms with E-state index in [-0.39, 0.29) is 31.3 Å². The number of esters is 1. The minimum Gasteiger partial charge on any atom is -0.467 e. The summed E-state index contributed by atoms with van der Waals surface area (Å²) in [6.07, 6.45) is 1.82. The van der Waals surface area contributed by atoms with Gasteiger partial charge in [-0.25, -0.2) is 4.98 Å². The summed E-state index contributed by atoms with van der Waals surface area (Å²) in [5.74, 6) is -0.511. The maximum atomic E-state index is 12.4. The molecule has 9 heteroatoms. The van der Waals surface area contributed by atoms with Gasteiger partial charge in [0.15, 0.2) is 0 Å². The van der Waals surface area contributed by atoms with Crippen LogP contribution in [0.1, 0.15) is 28.4 Å². The van der Waals surface area contributed by atoms with Crippen LogP contribution in [0.15, 0.2) is 52.5 Å². The highest BCUT2D eigenvalue weighted by Crippen LogP contribution is 2.22. The molecule has 8 nitrogen and oxygen atoms in total. The zero-order chi connectivity index (χ0) is 22.5. The van der Waals surface area contributed by atoms with E-state index in [0.717, 1.165) is 11.3 Å². The van der Waals surface area contributed by atoms with E-state index in [4.69, 9.17) is 9.15 Å². The van der Waals surface area contributed by atoms with Gasteiger partial charge in [-0.3, -0.25) is 14.4 Å². The van der Waals surface area contributed by atoms with Gasteiger partial charge in [-0.05, 0) is 31.2 Å². The molecule has 0 saturated carbocycles. The normalized spacial score (nSPS) is 15.7. The number of hydrogen-bond donors (Lipinski definition) is 1. The molecule has 166 valence electrons. The fourth-order valence-corrected chi connectivity index (χ4v) is 4.19. The molecule has 3 heterocycles. The summed E-state index contributed by atoms with van der Waals surface area (Å²) in [6.45, 7) is 2.64. The Hall–Kier alpha value is -3.46. The van der Waals surface area contributed by atoms with E-state index >= 15 is 0 Å². The number of amides is 2. The van der Waals surface area contributed by atoms with Crippen LogP contribution in [0.5, 0.6) is 0 Å². The molecule has 1 saturated heterocycles. The molecule has 3 aromatic rings. The number of likely N-dealkylation sites (tertiary alicyclic amines) is 1. The van der Waals surface area contributed by atoms with E-state index in [9.17, 15) is 14.4 Å². The van der Waals surface area contributed by atoms with Crippen molar-refractivity contribution >= 4 is 34.8 Å². The van der Waals surface area contributed by atoms with Gasteiger partial charge in [-0.2, -0.15) is 0 Å². The Balaban J connectivity index is 1.23. The van der Waals surface area contributed by atoms with E-state index in [1.807, 2.05) is 31.2 Å². The molecular weight excluding hydrogens is 430 g/mol. The zero-order valence-corrected chi connectivity index (χ0v) is 18.4. The van der Waals surface area contributed by atoms with E-state index in [0.29, 0.717) is 29.6 Å². The molecule has 0 spiro atoms. The zero-order valence-electron chi connectivity index (χ0n) is 17.6. The van der Waals surface area contributed by atoms with Gasteiger partial charge in [0.2, 0.25) is 11.8 Å². The first-order valence-corrected chi connectivity index (χ1v) is 11.1. The number of aromatic nitrogens is 1. The van der Waals surface area contributed by atoms with Crippen LogP contribution in [0.3, 0.4) is 0 Å². The van der Waals surface area contributed by atoms with Gasteiger partial charge in [0, 0.05) is 24.0 Å². The summed E-state index contributed by atoms with van der Waals surface area (Å²) in [7, 11) is 0. The molecule has 1 N–H and O–H groups in total. The Morgan fingerprint density at radius 3 is 2.84 bits per heavy atom. The highest BCUT2D eigenvalue weighted by Gasteiger charge is 2.35. The maximum Gasteiger partial charge on any atom is 0.311 e. The standard InChI is InChI=1S/C23H23N3O5S/c1-15-4-6-17(7-5-15)24-20(27)10-21-25-18(14-32-21)13-31-23(29)16-9-22(28)26(11-16)12-19-3-2-8-30-19/h2-8,14,16H,9-13H2,1H3,(H,24,27)/t16-/m1/s1. The molecule has 1 aliphatic rings. The largest absolute Gasteiger partial charge is 0.467 e. The number of nitrogens with one attached hydrogen (secondary N) is 1. The second-order valence-electron chi connectivity index (χ2n) is 7.69. The number of carbonyl (C=O) groups excluding carboxylic acids is 3. The lowest BCUT2D eigenvalue weighted by molar-refractivity contribution is -0.149. The minimum atomic E-state index is -0.504. The van der Waals surface area contributed by atoms with E-state index < -0.39 is 11.9 Å². The van der Waals surface area contributed by atoms with Crippen molar-refractivity contribution in [2.75, 3.05) is 11.9 Å². The monoisotopic (exact) mass is 453 g/mol. The second kappa shape index (κ2) is 9.78. The van der Waals surface area contributed by atoms with Gasteiger partial charge in [-0.1, -0.05) is 17.7 Å². The molecule has 0 unspecified atom stereocenters. The summed E-state index contributed by atoms with van der Waals surface area (Å²) in [6, 6.07) is 11.1. The van der Waals surface area contributed by atoms with Gasteiger partial charge >= 0.3 is 5.97 Å². The van der Waals surface area contributed by atoms with Crippen molar-refractivity contribution in [3.05, 3.63) is 70.1 Å². The molecule has 1 fully saturated rings. The quantitative estimate of drug-likeness (QED) is 0.525. The molecule has 2 amide bonds. The number of anilines is 1. The van der Waals surface area contributed by atoms with Crippen molar-refractivity contribution in [3.63, 3.8) is 0 Å². The highest BCUT2D eigenvalue weighted by molar-refractivity contribution is 7.09. The average molecular weight is 454 g/mol. The molecule has 0 radical (unpaired) electrons. The van der Waals surface area contributed by atoms with E-state index in [1.54, 1.807) is 28.7 Å². The van der Waals surface area contributed by atoms with Crippen molar-refractivity contribution in [1.29, 1.82) is 0 Å². The summed E-state index contributed by atoms with van der Waals surface area (Å²) in [5, 5.41) is 5.25. The number of furan rings is 1. The topological polar surface area (TPSA) is 102 Å². The third-order valence-corrected chi connectivity index (χ3v) is 5.98. The summed E-state index contributed by atoms with van der Waals surface area (Å²) in [5.41, 5.74) is 2.44. The first kappa shape index (κ1) is 21.8. The Bertz CT molecular complexity index is 1090. The van der Waals surface area contributed by atoms with Crippen LogP contribution in [0.2, 0.25) is 0 Å². The Morgan fingerprint density at radius 1 is 1.28 bits per heavy atom. The predicted molar refractivity (Wildman–Crippen MR) is 118 cm³/mol. The summed E-state index contributed by atoms with van der Waals surface area (Å²) >= 11 is 1.34. The molecule has 0 aliphatic carbocycles.